The minimum absolute atomic E-state index is 0.120. The lowest BCUT2D eigenvalue weighted by molar-refractivity contribution is -0.135. The molecule has 2 aliphatic carbocycles. The van der Waals surface area contributed by atoms with Gasteiger partial charge < -0.3 is 30.5 Å². The van der Waals surface area contributed by atoms with E-state index in [1.165, 1.54) is 11.9 Å². The molecule has 7 rings (SSSR count). The Morgan fingerprint density at radius 1 is 1.02 bits per heavy atom. The van der Waals surface area contributed by atoms with Crippen molar-refractivity contribution in [3.05, 3.63) is 35.2 Å². The summed E-state index contributed by atoms with van der Waals surface area (Å²) in [6.45, 7) is 10.5. The summed E-state index contributed by atoms with van der Waals surface area (Å²) in [5.74, 6) is 1.39. The Morgan fingerprint density at radius 2 is 1.77 bits per heavy atom. The van der Waals surface area contributed by atoms with E-state index in [0.717, 1.165) is 120 Å². The number of nitrogens with one attached hydrogen (secondary N) is 1. The van der Waals surface area contributed by atoms with E-state index in [4.69, 9.17) is 4.99 Å². The molecule has 3 saturated heterocycles. The first kappa shape index (κ1) is 46.4. The molecule has 3 N–H and O–H groups in total. The minimum atomic E-state index is -0.796. The highest BCUT2D eigenvalue weighted by Crippen LogP contribution is 2.59. The molecule has 4 amide bonds. The van der Waals surface area contributed by atoms with E-state index < -0.39 is 11.5 Å². The molecule has 16 heteroatoms. The Labute approximate surface area is 366 Å². The monoisotopic (exact) mass is 861 g/mol. The number of aryl methyl sites for hydroxylation is 1. The topological polar surface area (TPSA) is 168 Å². The summed E-state index contributed by atoms with van der Waals surface area (Å²) in [5.41, 5.74) is 7.17. The number of piperidine rings is 1. The summed E-state index contributed by atoms with van der Waals surface area (Å²) in [5, 5.41) is 2.57. The quantitative estimate of drug-likeness (QED) is 0.132. The maximum absolute atomic E-state index is 14.0. The molecule has 0 aromatic heterocycles. The van der Waals surface area contributed by atoms with Gasteiger partial charge in [0.15, 0.2) is 0 Å². The number of para-hydroxylation sites is 1. The van der Waals surface area contributed by atoms with Crippen molar-refractivity contribution in [3.8, 4) is 0 Å². The van der Waals surface area contributed by atoms with Gasteiger partial charge in [0.05, 0.1) is 34.4 Å². The fraction of sp³-hybridized carbons (Fsp3) is 0.667. The fourth-order valence-corrected chi connectivity index (χ4v) is 11.7. The first-order valence-corrected chi connectivity index (χ1v) is 23.1. The van der Waals surface area contributed by atoms with Crippen LogP contribution in [-0.4, -0.2) is 146 Å². The highest BCUT2D eigenvalue weighted by molar-refractivity contribution is 7.94. The molecule has 15 nitrogen and oxygen atoms in total. The van der Waals surface area contributed by atoms with Crippen LogP contribution in [0.3, 0.4) is 0 Å². The molecule has 5 fully saturated rings. The van der Waals surface area contributed by atoms with Crippen LogP contribution < -0.4 is 20.9 Å². The number of hydrogen-bond donors (Lipinski definition) is 2. The van der Waals surface area contributed by atoms with Crippen LogP contribution in [0.15, 0.2) is 39.6 Å². The molecule has 334 valence electrons. The van der Waals surface area contributed by atoms with Crippen molar-refractivity contribution in [2.75, 3.05) is 70.7 Å². The lowest BCUT2D eigenvalue weighted by Gasteiger charge is -2.36. The van der Waals surface area contributed by atoms with Crippen LogP contribution in [0.1, 0.15) is 96.0 Å². The molecule has 1 aromatic rings. The average molecular weight is 861 g/mol. The molecule has 2 saturated carbocycles. The van der Waals surface area contributed by atoms with Gasteiger partial charge in [0.2, 0.25) is 24.1 Å². The van der Waals surface area contributed by atoms with Gasteiger partial charge in [-0.15, -0.1) is 0 Å². The number of nitrogens with zero attached hydrogens (tertiary/aromatic N) is 8. The van der Waals surface area contributed by atoms with E-state index >= 15 is 0 Å². The number of hydrogen-bond acceptors (Lipinski definition) is 12. The number of carbonyl (C=O) groups excluding carboxylic acids is 5. The van der Waals surface area contributed by atoms with Gasteiger partial charge in [-0.05, 0) is 102 Å². The zero-order chi connectivity index (χ0) is 43.9. The molecule has 4 atom stereocenters. The SMILES string of the molecule is C=NC1=C(C=NC2CCN(SN3CCC4(CCCN4C(=O)CCc4cccc(N(C=O)C(C=O)CCC(=O)NC)c4N(C)C)C3)CC2)C2(CC2)C(=O)N1C1CCCC1C.CN. The molecular formula is C45H68N10O5S. The number of rotatable bonds is 17. The van der Waals surface area contributed by atoms with Gasteiger partial charge in [0.25, 0.3) is 0 Å². The second-order valence-electron chi connectivity index (χ2n) is 17.7. The van der Waals surface area contributed by atoms with E-state index in [1.54, 1.807) is 7.05 Å². The molecule has 61 heavy (non-hydrogen) atoms. The maximum atomic E-state index is 14.0. The van der Waals surface area contributed by atoms with E-state index in [0.29, 0.717) is 37.1 Å². The van der Waals surface area contributed by atoms with Crippen LogP contribution in [0, 0.1) is 11.3 Å². The van der Waals surface area contributed by atoms with Crippen molar-refractivity contribution in [1.82, 2.24) is 23.7 Å². The summed E-state index contributed by atoms with van der Waals surface area (Å²) in [7, 11) is 6.83. The normalized spacial score (nSPS) is 25.6. The Hall–Kier alpha value is -4.12. The predicted octanol–water partition coefficient (Wildman–Crippen LogP) is 4.21. The number of amides is 4. The number of likely N-dealkylation sites (tertiary alicyclic amines) is 1. The highest BCUT2D eigenvalue weighted by atomic mass is 32.2. The van der Waals surface area contributed by atoms with Crippen LogP contribution in [0.4, 0.5) is 11.4 Å². The van der Waals surface area contributed by atoms with Crippen LogP contribution in [0.2, 0.25) is 0 Å². The van der Waals surface area contributed by atoms with Gasteiger partial charge in [-0.3, -0.25) is 29.1 Å². The van der Waals surface area contributed by atoms with Gasteiger partial charge >= 0.3 is 0 Å². The number of aldehydes is 1. The van der Waals surface area contributed by atoms with Gasteiger partial charge in [-0.25, -0.2) is 13.6 Å². The number of benzene rings is 1. The van der Waals surface area contributed by atoms with Gasteiger partial charge in [0.1, 0.15) is 12.1 Å². The van der Waals surface area contributed by atoms with Gasteiger partial charge in [-0.1, -0.05) is 25.5 Å². The first-order chi connectivity index (χ1) is 29.5. The standard InChI is InChI=1S/C44H63N9O5S.CH5N/c1-31-9-6-11-36(31)53-41(46-3)35(44(20-21-44)42(53)58)27-47-33-17-24-49(25-18-33)59-50-26-22-43(29-50)19-8-23-52(43)39(57)16-13-32-10-7-12-37(40(32)48(4)5)51(30-55)34(28-54)14-15-38(56)45-2;1-2/h7,10,12,27-28,30-31,33-34,36H,3,6,8-9,11,13-26,29H2,1-2,4-5H3,(H,45,56);2H2,1H3. The lowest BCUT2D eigenvalue weighted by Crippen LogP contribution is -2.49. The van der Waals surface area contributed by atoms with E-state index in [2.05, 4.69) is 43.2 Å². The molecule has 2 spiro atoms. The Balaban J connectivity index is 0.00000307. The maximum Gasteiger partial charge on any atom is 0.239 e. The highest BCUT2D eigenvalue weighted by Gasteiger charge is 2.62. The van der Waals surface area contributed by atoms with Crippen LogP contribution in [0.5, 0.6) is 0 Å². The van der Waals surface area contributed by atoms with E-state index in [-0.39, 0.29) is 48.2 Å². The number of anilines is 2. The van der Waals surface area contributed by atoms with E-state index in [9.17, 15) is 24.0 Å². The third-order valence-electron chi connectivity index (χ3n) is 13.9. The largest absolute Gasteiger partial charge is 0.376 e. The smallest absolute Gasteiger partial charge is 0.239 e. The summed E-state index contributed by atoms with van der Waals surface area (Å²) >= 11 is 1.82. The molecule has 1 aromatic carbocycles. The molecule has 0 radical (unpaired) electrons. The molecule has 4 heterocycles. The molecule has 4 unspecified atom stereocenters. The zero-order valence-corrected chi connectivity index (χ0v) is 37.8. The summed E-state index contributed by atoms with van der Waals surface area (Å²) in [4.78, 5) is 81.1. The molecule has 6 aliphatic rings. The van der Waals surface area contributed by atoms with Crippen LogP contribution >= 0.6 is 12.1 Å². The van der Waals surface area contributed by atoms with Crippen molar-refractivity contribution in [1.29, 1.82) is 0 Å². The number of aliphatic imine (C=N–C) groups is 2. The third kappa shape index (κ3) is 9.62. The van der Waals surface area contributed by atoms with Crippen LogP contribution in [-0.2, 0) is 30.4 Å². The number of nitrogens with two attached hydrogens (primary N) is 1. The van der Waals surface area contributed by atoms with Crippen molar-refractivity contribution in [2.45, 2.75) is 120 Å². The molecule has 4 aliphatic heterocycles. The Kier molecular flexibility index (Phi) is 15.5. The van der Waals surface area contributed by atoms with Crippen molar-refractivity contribution < 1.29 is 24.0 Å². The lowest BCUT2D eigenvalue weighted by atomic mass is 9.94. The first-order valence-electron chi connectivity index (χ1n) is 22.3. The zero-order valence-electron chi connectivity index (χ0n) is 37.0. The van der Waals surface area contributed by atoms with Crippen molar-refractivity contribution in [3.63, 3.8) is 0 Å². The molecular weight excluding hydrogens is 793 g/mol. The van der Waals surface area contributed by atoms with Crippen LogP contribution in [0.25, 0.3) is 0 Å². The summed E-state index contributed by atoms with van der Waals surface area (Å²) < 4.78 is 4.88. The van der Waals surface area contributed by atoms with Crippen molar-refractivity contribution >= 4 is 66.9 Å². The Morgan fingerprint density at radius 3 is 2.39 bits per heavy atom. The fourth-order valence-electron chi connectivity index (χ4n) is 10.5. The second kappa shape index (κ2) is 20.4. The molecule has 0 bridgehead atoms. The predicted molar refractivity (Wildman–Crippen MR) is 243 cm³/mol. The summed E-state index contributed by atoms with van der Waals surface area (Å²) in [6, 6.07) is 5.27. The van der Waals surface area contributed by atoms with Crippen molar-refractivity contribution in [2.24, 2.45) is 27.1 Å². The van der Waals surface area contributed by atoms with E-state index in [1.807, 2.05) is 60.4 Å². The minimum Gasteiger partial charge on any atom is -0.376 e. The second-order valence-corrected chi connectivity index (χ2v) is 18.9. The average Bonchev–Trinajstić information content (AvgIpc) is 3.47. The van der Waals surface area contributed by atoms with Gasteiger partial charge in [0, 0.05) is 96.7 Å². The summed E-state index contributed by atoms with van der Waals surface area (Å²) in [6.07, 6.45) is 14.4. The number of carbonyl (C=O) groups is 5. The Bertz CT molecular complexity index is 1840. The third-order valence-corrected chi connectivity index (χ3v) is 15.1. The van der Waals surface area contributed by atoms with Gasteiger partial charge in [-0.2, -0.15) is 0 Å².